The molecule has 162 valence electrons. The van der Waals surface area contributed by atoms with Crippen molar-refractivity contribution < 1.29 is 23.8 Å². The van der Waals surface area contributed by atoms with Crippen LogP contribution in [0.3, 0.4) is 0 Å². The fourth-order valence-electron chi connectivity index (χ4n) is 3.66. The van der Waals surface area contributed by atoms with Crippen molar-refractivity contribution in [1.29, 1.82) is 0 Å². The minimum absolute atomic E-state index is 0.0931. The molecule has 1 heterocycles. The molecule has 4 aromatic rings. The van der Waals surface area contributed by atoms with Crippen molar-refractivity contribution in [3.05, 3.63) is 82.5 Å². The number of carbonyl (C=O) groups is 2. The van der Waals surface area contributed by atoms with Gasteiger partial charge >= 0.3 is 5.97 Å². The van der Waals surface area contributed by atoms with Crippen LogP contribution in [0.25, 0.3) is 21.8 Å². The van der Waals surface area contributed by atoms with E-state index in [1.165, 1.54) is 20.3 Å². The topological polar surface area (TPSA) is 83.8 Å². The number of hydrogen-bond donors (Lipinski definition) is 0. The summed E-state index contributed by atoms with van der Waals surface area (Å²) in [7, 11) is 2.98. The summed E-state index contributed by atoms with van der Waals surface area (Å²) in [4.78, 5) is 37.9. The fourth-order valence-corrected chi connectivity index (χ4v) is 3.66. The standard InChI is InChI=1S/C25H21NO6/c1-30-22-12-11-16(13-23(22)31-2)21(27)15-32-24(28)14-26-19-9-5-3-7-17(19)25(29)18-8-4-6-10-20(18)26/h3-13H,14-15H2,1-2H3. The van der Waals surface area contributed by atoms with E-state index in [-0.39, 0.29) is 17.8 Å². The van der Waals surface area contributed by atoms with Crippen LogP contribution in [0.2, 0.25) is 0 Å². The Kier molecular flexibility index (Phi) is 5.89. The smallest absolute Gasteiger partial charge is 0.326 e. The van der Waals surface area contributed by atoms with Gasteiger partial charge in [-0.1, -0.05) is 24.3 Å². The van der Waals surface area contributed by atoms with E-state index in [1.807, 2.05) is 0 Å². The van der Waals surface area contributed by atoms with Crippen LogP contribution in [0.1, 0.15) is 10.4 Å². The monoisotopic (exact) mass is 431 g/mol. The van der Waals surface area contributed by atoms with Gasteiger partial charge in [0.1, 0.15) is 6.54 Å². The quantitative estimate of drug-likeness (QED) is 0.253. The highest BCUT2D eigenvalue weighted by Crippen LogP contribution is 2.27. The second-order valence-corrected chi connectivity index (χ2v) is 7.10. The molecular weight excluding hydrogens is 410 g/mol. The van der Waals surface area contributed by atoms with E-state index < -0.39 is 12.6 Å². The van der Waals surface area contributed by atoms with Gasteiger partial charge in [-0.15, -0.1) is 0 Å². The molecule has 32 heavy (non-hydrogen) atoms. The summed E-state index contributed by atoms with van der Waals surface area (Å²) in [5.41, 5.74) is 1.50. The Balaban J connectivity index is 1.57. The molecule has 0 radical (unpaired) electrons. The molecule has 0 unspecified atom stereocenters. The second-order valence-electron chi connectivity index (χ2n) is 7.10. The number of Topliss-reactive ketones (excluding diaryl/α,β-unsaturated/α-hetero) is 1. The summed E-state index contributed by atoms with van der Waals surface area (Å²) < 4.78 is 17.4. The molecule has 0 aliphatic carbocycles. The van der Waals surface area contributed by atoms with Gasteiger partial charge in [0.25, 0.3) is 0 Å². The lowest BCUT2D eigenvalue weighted by atomic mass is 10.1. The molecule has 1 aromatic heterocycles. The molecule has 0 amide bonds. The number of methoxy groups -OCH3 is 2. The van der Waals surface area contributed by atoms with Gasteiger partial charge in [0.05, 0.1) is 25.3 Å². The van der Waals surface area contributed by atoms with Crippen LogP contribution in [-0.4, -0.2) is 37.1 Å². The van der Waals surface area contributed by atoms with Gasteiger partial charge in [-0.2, -0.15) is 0 Å². The molecule has 3 aromatic carbocycles. The maximum Gasteiger partial charge on any atom is 0.326 e. The van der Waals surface area contributed by atoms with Crippen LogP contribution in [0.15, 0.2) is 71.5 Å². The zero-order valence-electron chi connectivity index (χ0n) is 17.7. The number of esters is 1. The molecule has 7 nitrogen and oxygen atoms in total. The largest absolute Gasteiger partial charge is 0.493 e. The van der Waals surface area contributed by atoms with Gasteiger partial charge in [0.2, 0.25) is 0 Å². The highest BCUT2D eigenvalue weighted by molar-refractivity contribution is 5.99. The van der Waals surface area contributed by atoms with Crippen molar-refractivity contribution in [2.24, 2.45) is 0 Å². The maximum absolute atomic E-state index is 12.8. The summed E-state index contributed by atoms with van der Waals surface area (Å²) in [6.07, 6.45) is 0. The van der Waals surface area contributed by atoms with E-state index in [0.29, 0.717) is 38.9 Å². The number of ether oxygens (including phenoxy) is 3. The number of carbonyl (C=O) groups excluding carboxylic acids is 2. The minimum Gasteiger partial charge on any atom is -0.493 e. The van der Waals surface area contributed by atoms with Gasteiger partial charge in [-0.05, 0) is 42.5 Å². The van der Waals surface area contributed by atoms with Gasteiger partial charge < -0.3 is 18.8 Å². The van der Waals surface area contributed by atoms with Crippen LogP contribution >= 0.6 is 0 Å². The third-order valence-corrected chi connectivity index (χ3v) is 5.24. The zero-order chi connectivity index (χ0) is 22.7. The van der Waals surface area contributed by atoms with E-state index in [4.69, 9.17) is 14.2 Å². The van der Waals surface area contributed by atoms with Crippen molar-refractivity contribution in [1.82, 2.24) is 4.57 Å². The lowest BCUT2D eigenvalue weighted by Crippen LogP contribution is -2.20. The van der Waals surface area contributed by atoms with Gasteiger partial charge in [0, 0.05) is 16.3 Å². The van der Waals surface area contributed by atoms with Crippen LogP contribution in [0.4, 0.5) is 0 Å². The maximum atomic E-state index is 12.8. The summed E-state index contributed by atoms with van der Waals surface area (Å²) in [6, 6.07) is 18.9. The molecule has 0 aliphatic heterocycles. The lowest BCUT2D eigenvalue weighted by Gasteiger charge is -2.14. The highest BCUT2D eigenvalue weighted by atomic mass is 16.5. The molecule has 0 atom stereocenters. The number of fused-ring (bicyclic) bond motifs is 2. The van der Waals surface area contributed by atoms with E-state index >= 15 is 0 Å². The molecular formula is C25H21NO6. The van der Waals surface area contributed by atoms with E-state index in [1.54, 1.807) is 65.2 Å². The molecule has 7 heteroatoms. The fraction of sp³-hybridized carbons (Fsp3) is 0.160. The van der Waals surface area contributed by atoms with Crippen molar-refractivity contribution in [2.45, 2.75) is 6.54 Å². The van der Waals surface area contributed by atoms with E-state index in [2.05, 4.69) is 0 Å². The predicted molar refractivity (Wildman–Crippen MR) is 121 cm³/mol. The molecule has 0 saturated carbocycles. The van der Waals surface area contributed by atoms with Gasteiger partial charge in [0.15, 0.2) is 29.3 Å². The summed E-state index contributed by atoms with van der Waals surface area (Å²) in [5, 5.41) is 1.03. The first kappa shape index (κ1) is 21.1. The van der Waals surface area contributed by atoms with Gasteiger partial charge in [-0.25, -0.2) is 0 Å². The van der Waals surface area contributed by atoms with Crippen molar-refractivity contribution in [3.8, 4) is 11.5 Å². The number of rotatable bonds is 7. The highest BCUT2D eigenvalue weighted by Gasteiger charge is 2.16. The number of pyridine rings is 1. The van der Waals surface area contributed by atoms with Crippen LogP contribution in [-0.2, 0) is 16.1 Å². The molecule has 0 saturated heterocycles. The van der Waals surface area contributed by atoms with E-state index in [9.17, 15) is 14.4 Å². The number of nitrogens with zero attached hydrogens (tertiary/aromatic N) is 1. The lowest BCUT2D eigenvalue weighted by molar-refractivity contribution is -0.143. The predicted octanol–water partition coefficient (Wildman–Crippen LogP) is 3.60. The Bertz CT molecular complexity index is 1330. The number of aromatic nitrogens is 1. The minimum atomic E-state index is -0.585. The zero-order valence-corrected chi connectivity index (χ0v) is 17.7. The number of ketones is 1. The summed E-state index contributed by atoms with van der Waals surface area (Å²) >= 11 is 0. The average Bonchev–Trinajstić information content (AvgIpc) is 2.84. The Morgan fingerprint density at radius 1 is 0.812 bits per heavy atom. The number of hydrogen-bond acceptors (Lipinski definition) is 6. The van der Waals surface area contributed by atoms with E-state index in [0.717, 1.165) is 0 Å². The number of para-hydroxylation sites is 2. The molecule has 0 N–H and O–H groups in total. The third-order valence-electron chi connectivity index (χ3n) is 5.24. The average molecular weight is 431 g/mol. The van der Waals surface area contributed by atoms with Crippen molar-refractivity contribution in [2.75, 3.05) is 20.8 Å². The van der Waals surface area contributed by atoms with Crippen LogP contribution < -0.4 is 14.9 Å². The SMILES string of the molecule is COc1ccc(C(=O)COC(=O)Cn2c3ccccc3c(=O)c3ccccc32)cc1OC. The molecule has 0 spiro atoms. The normalized spacial score (nSPS) is 10.8. The third kappa shape index (κ3) is 3.92. The number of benzene rings is 3. The Labute approximate surface area is 183 Å². The summed E-state index contributed by atoms with van der Waals surface area (Å²) in [6.45, 7) is -0.551. The van der Waals surface area contributed by atoms with Gasteiger partial charge in [-0.3, -0.25) is 14.4 Å². The van der Waals surface area contributed by atoms with Crippen molar-refractivity contribution in [3.63, 3.8) is 0 Å². The first-order valence-electron chi connectivity index (χ1n) is 9.94. The second kappa shape index (κ2) is 8.93. The molecule has 0 bridgehead atoms. The Morgan fingerprint density at radius 2 is 1.41 bits per heavy atom. The Hall–Kier alpha value is -4.13. The first-order valence-corrected chi connectivity index (χ1v) is 9.94. The van der Waals surface area contributed by atoms with Crippen LogP contribution in [0.5, 0.6) is 11.5 Å². The van der Waals surface area contributed by atoms with Crippen molar-refractivity contribution >= 4 is 33.6 Å². The van der Waals surface area contributed by atoms with Crippen LogP contribution in [0, 0.1) is 0 Å². The molecule has 0 aliphatic rings. The first-order chi connectivity index (χ1) is 15.5. The Morgan fingerprint density at radius 3 is 2.00 bits per heavy atom. The molecule has 4 rings (SSSR count). The summed E-state index contributed by atoms with van der Waals surface area (Å²) in [5.74, 6) is -0.0411. The molecule has 0 fully saturated rings.